The van der Waals surface area contributed by atoms with Crippen LogP contribution in [0.2, 0.25) is 0 Å². The molecular weight excluding hydrogens is 340 g/mol. The van der Waals surface area contributed by atoms with Crippen molar-refractivity contribution in [1.82, 2.24) is 0 Å². The molecule has 0 atom stereocenters. The topological polar surface area (TPSA) is 74.6 Å². The summed E-state index contributed by atoms with van der Waals surface area (Å²) in [5.74, 6) is -3.99. The maximum atomic E-state index is 11.0. The van der Waals surface area contributed by atoms with Gasteiger partial charge in [0.25, 0.3) is 0 Å². The van der Waals surface area contributed by atoms with E-state index in [1.54, 1.807) is 6.07 Å². The molecule has 0 aliphatic heterocycles. The van der Waals surface area contributed by atoms with E-state index in [1.165, 1.54) is 57.8 Å². The lowest BCUT2D eigenvalue weighted by atomic mass is 9.98. The molecule has 0 bridgehead atoms. The summed E-state index contributed by atoms with van der Waals surface area (Å²) in [6.07, 6.45) is 17.1. The number of carboxylic acid groups (broad SMARTS) is 2. The van der Waals surface area contributed by atoms with Gasteiger partial charge in [0.1, 0.15) is 0 Å². The van der Waals surface area contributed by atoms with Crippen molar-refractivity contribution in [2.24, 2.45) is 5.92 Å². The predicted molar refractivity (Wildman–Crippen MR) is 110 cm³/mol. The Bertz CT molecular complexity index is 578. The number of allylic oxidation sites excluding steroid dienone is 1. The lowest BCUT2D eigenvalue weighted by Gasteiger charge is -2.08. The van der Waals surface area contributed by atoms with Crippen molar-refractivity contribution in [3.63, 3.8) is 0 Å². The van der Waals surface area contributed by atoms with Crippen LogP contribution in [0.5, 0.6) is 0 Å². The Balaban J connectivity index is 2.28. The number of rotatable bonds is 15. The molecule has 150 valence electrons. The average molecular weight is 375 g/mol. The maximum Gasteiger partial charge on any atom is 0.318 e. The molecule has 0 aliphatic rings. The number of benzene rings is 1. The number of carbonyl (C=O) groups is 2. The Kier molecular flexibility index (Phi) is 11.9. The molecule has 0 heterocycles. The fourth-order valence-corrected chi connectivity index (χ4v) is 3.13. The van der Waals surface area contributed by atoms with E-state index in [4.69, 9.17) is 10.2 Å². The molecule has 4 nitrogen and oxygen atoms in total. The van der Waals surface area contributed by atoms with Gasteiger partial charge in [0.2, 0.25) is 0 Å². The van der Waals surface area contributed by atoms with Gasteiger partial charge < -0.3 is 10.2 Å². The summed E-state index contributed by atoms with van der Waals surface area (Å²) < 4.78 is 0. The van der Waals surface area contributed by atoms with E-state index < -0.39 is 17.9 Å². The van der Waals surface area contributed by atoms with Crippen LogP contribution < -0.4 is 0 Å². The highest BCUT2D eigenvalue weighted by molar-refractivity contribution is 5.93. The third-order valence-corrected chi connectivity index (χ3v) is 4.77. The molecule has 1 aromatic carbocycles. The lowest BCUT2D eigenvalue weighted by Crippen LogP contribution is -2.25. The Hall–Kier alpha value is -2.10. The van der Waals surface area contributed by atoms with Crippen molar-refractivity contribution in [2.75, 3.05) is 0 Å². The fraction of sp³-hybridized carbons (Fsp3) is 0.565. The van der Waals surface area contributed by atoms with Crippen LogP contribution in [-0.2, 0) is 16.0 Å². The van der Waals surface area contributed by atoms with E-state index >= 15 is 0 Å². The van der Waals surface area contributed by atoms with Gasteiger partial charge in [0.05, 0.1) is 0 Å². The van der Waals surface area contributed by atoms with Gasteiger partial charge in [-0.05, 0) is 30.4 Å². The predicted octanol–water partition coefficient (Wildman–Crippen LogP) is 5.95. The van der Waals surface area contributed by atoms with Crippen molar-refractivity contribution in [1.29, 1.82) is 0 Å². The van der Waals surface area contributed by atoms with Gasteiger partial charge in [-0.25, -0.2) is 0 Å². The summed E-state index contributed by atoms with van der Waals surface area (Å²) in [6, 6.07) is 7.43. The SMILES string of the molecule is CCCCCCCCCCC/C=C\c1cccc(CC(C(=O)O)C(=O)O)c1. The van der Waals surface area contributed by atoms with Crippen molar-refractivity contribution in [2.45, 2.75) is 77.6 Å². The van der Waals surface area contributed by atoms with Crippen LogP contribution in [0.4, 0.5) is 0 Å². The van der Waals surface area contributed by atoms with E-state index in [-0.39, 0.29) is 6.42 Å². The Morgan fingerprint density at radius 1 is 0.926 bits per heavy atom. The van der Waals surface area contributed by atoms with Gasteiger partial charge in [-0.1, -0.05) is 94.7 Å². The van der Waals surface area contributed by atoms with E-state index in [0.717, 1.165) is 17.5 Å². The van der Waals surface area contributed by atoms with Crippen molar-refractivity contribution >= 4 is 18.0 Å². The van der Waals surface area contributed by atoms with Crippen LogP contribution in [-0.4, -0.2) is 22.2 Å². The van der Waals surface area contributed by atoms with Crippen LogP contribution in [0, 0.1) is 5.92 Å². The minimum Gasteiger partial charge on any atom is -0.481 e. The van der Waals surface area contributed by atoms with Crippen LogP contribution in [0.1, 0.15) is 82.3 Å². The zero-order chi connectivity index (χ0) is 19.9. The Morgan fingerprint density at radius 2 is 1.52 bits per heavy atom. The summed E-state index contributed by atoms with van der Waals surface area (Å²) in [7, 11) is 0. The van der Waals surface area contributed by atoms with E-state index in [1.807, 2.05) is 24.3 Å². The molecule has 0 unspecified atom stereocenters. The molecule has 0 saturated carbocycles. The van der Waals surface area contributed by atoms with Gasteiger partial charge in [-0.2, -0.15) is 0 Å². The molecule has 0 amide bonds. The number of aliphatic carboxylic acids is 2. The number of unbranched alkanes of at least 4 members (excludes halogenated alkanes) is 9. The van der Waals surface area contributed by atoms with Crippen LogP contribution >= 0.6 is 0 Å². The molecule has 0 spiro atoms. The van der Waals surface area contributed by atoms with Gasteiger partial charge in [-0.15, -0.1) is 0 Å². The molecule has 0 fully saturated rings. The van der Waals surface area contributed by atoms with Gasteiger partial charge in [0, 0.05) is 0 Å². The summed E-state index contributed by atoms with van der Waals surface area (Å²) in [6.45, 7) is 2.24. The van der Waals surface area contributed by atoms with Crippen molar-refractivity contribution < 1.29 is 19.8 Å². The summed E-state index contributed by atoms with van der Waals surface area (Å²) >= 11 is 0. The molecular formula is C23H34O4. The first-order valence-corrected chi connectivity index (χ1v) is 10.3. The standard InChI is InChI=1S/C23H34O4/c1-2-3-4-5-6-7-8-9-10-11-12-14-19-15-13-16-20(17-19)18-21(22(24)25)23(26)27/h12-17,21H,2-11,18H2,1H3,(H,24,25)(H,26,27)/b14-12-. The van der Waals surface area contributed by atoms with E-state index in [0.29, 0.717) is 0 Å². The first-order valence-electron chi connectivity index (χ1n) is 10.3. The highest BCUT2D eigenvalue weighted by atomic mass is 16.4. The zero-order valence-electron chi connectivity index (χ0n) is 16.5. The monoisotopic (exact) mass is 374 g/mol. The summed E-state index contributed by atoms with van der Waals surface area (Å²) in [5, 5.41) is 18.0. The molecule has 1 rings (SSSR count). The third kappa shape index (κ3) is 10.6. The normalized spacial score (nSPS) is 11.3. The van der Waals surface area contributed by atoms with E-state index in [9.17, 15) is 9.59 Å². The largest absolute Gasteiger partial charge is 0.481 e. The van der Waals surface area contributed by atoms with Gasteiger partial charge in [0.15, 0.2) is 5.92 Å². The zero-order valence-corrected chi connectivity index (χ0v) is 16.5. The number of carboxylic acids is 2. The quantitative estimate of drug-likeness (QED) is 0.294. The van der Waals surface area contributed by atoms with Gasteiger partial charge >= 0.3 is 11.9 Å². The highest BCUT2D eigenvalue weighted by Gasteiger charge is 2.25. The smallest absolute Gasteiger partial charge is 0.318 e. The van der Waals surface area contributed by atoms with Crippen molar-refractivity contribution in [3.8, 4) is 0 Å². The minimum atomic E-state index is -1.40. The molecule has 0 aliphatic carbocycles. The third-order valence-electron chi connectivity index (χ3n) is 4.77. The molecule has 0 radical (unpaired) electrons. The first-order chi connectivity index (χ1) is 13.0. The van der Waals surface area contributed by atoms with Crippen LogP contribution in [0.3, 0.4) is 0 Å². The molecule has 2 N–H and O–H groups in total. The average Bonchev–Trinajstić information content (AvgIpc) is 2.64. The second kappa shape index (κ2) is 14.0. The molecule has 4 heteroatoms. The molecule has 0 aromatic heterocycles. The Labute approximate surface area is 163 Å². The first kappa shape index (κ1) is 22.9. The van der Waals surface area contributed by atoms with Crippen LogP contribution in [0.15, 0.2) is 30.3 Å². The van der Waals surface area contributed by atoms with Crippen molar-refractivity contribution in [3.05, 3.63) is 41.5 Å². The summed E-state index contributed by atoms with van der Waals surface area (Å²) in [4.78, 5) is 22.0. The number of hydrogen-bond donors (Lipinski definition) is 2. The molecule has 1 aromatic rings. The van der Waals surface area contributed by atoms with Crippen LogP contribution in [0.25, 0.3) is 6.08 Å². The molecule has 27 heavy (non-hydrogen) atoms. The second-order valence-corrected chi connectivity index (χ2v) is 7.20. The maximum absolute atomic E-state index is 11.0. The lowest BCUT2D eigenvalue weighted by molar-refractivity contribution is -0.154. The number of hydrogen-bond acceptors (Lipinski definition) is 2. The van der Waals surface area contributed by atoms with E-state index in [2.05, 4.69) is 13.0 Å². The van der Waals surface area contributed by atoms with Gasteiger partial charge in [-0.3, -0.25) is 9.59 Å². The fourth-order valence-electron chi connectivity index (χ4n) is 3.13. The Morgan fingerprint density at radius 3 is 2.11 bits per heavy atom. The second-order valence-electron chi connectivity index (χ2n) is 7.20. The summed E-state index contributed by atoms with van der Waals surface area (Å²) in [5.41, 5.74) is 1.72. The minimum absolute atomic E-state index is 0.00457. The highest BCUT2D eigenvalue weighted by Crippen LogP contribution is 2.15. The molecule has 0 saturated heterocycles.